The molecule has 0 unspecified atom stereocenters. The van der Waals surface area contributed by atoms with E-state index in [0.717, 1.165) is 46.3 Å². The van der Waals surface area contributed by atoms with Gasteiger partial charge in [0.25, 0.3) is 0 Å². The number of rotatable bonds is 6. The maximum absolute atomic E-state index is 12.4. The minimum absolute atomic E-state index is 0. The SMILES string of the molecule is CC(C)[O-].CCCN(Cc1cc(C)cc(C)c1[O-])Cc1cc(C)cc(C)c1[O-].[O-2].[V]. The summed E-state index contributed by atoms with van der Waals surface area (Å²) < 4.78 is 0. The zero-order valence-corrected chi connectivity index (χ0v) is 20.6. The summed E-state index contributed by atoms with van der Waals surface area (Å²) in [4.78, 5) is 2.20. The summed E-state index contributed by atoms with van der Waals surface area (Å²) in [7, 11) is 0. The second kappa shape index (κ2) is 14.5. The predicted octanol–water partition coefficient (Wildman–Crippen LogP) is 3.11. The van der Waals surface area contributed by atoms with Crippen molar-refractivity contribution < 1.29 is 39.4 Å². The normalized spacial score (nSPS) is 10.2. The number of hydrogen-bond acceptors (Lipinski definition) is 4. The van der Waals surface area contributed by atoms with Gasteiger partial charge in [-0.05, 0) is 51.8 Å². The molecule has 2 rings (SSSR count). The summed E-state index contributed by atoms with van der Waals surface area (Å²) >= 11 is 0. The van der Waals surface area contributed by atoms with Crippen molar-refractivity contribution in [1.29, 1.82) is 0 Å². The third kappa shape index (κ3) is 10.0. The summed E-state index contributed by atoms with van der Waals surface area (Å²) in [5.41, 5.74) is 5.43. The Morgan fingerprint density at radius 1 is 0.800 bits per heavy atom. The van der Waals surface area contributed by atoms with Crippen LogP contribution >= 0.6 is 0 Å². The van der Waals surface area contributed by atoms with Crippen LogP contribution in [-0.2, 0) is 37.1 Å². The first-order chi connectivity index (χ1) is 13.0. The van der Waals surface area contributed by atoms with E-state index in [9.17, 15) is 15.3 Å². The van der Waals surface area contributed by atoms with Crippen molar-refractivity contribution >= 4 is 0 Å². The van der Waals surface area contributed by atoms with Crippen molar-refractivity contribution in [3.8, 4) is 11.5 Å². The maximum atomic E-state index is 12.4. The van der Waals surface area contributed by atoms with Gasteiger partial charge in [0, 0.05) is 31.6 Å². The molecule has 30 heavy (non-hydrogen) atoms. The van der Waals surface area contributed by atoms with Gasteiger partial charge in [0.15, 0.2) is 0 Å². The van der Waals surface area contributed by atoms with Crippen molar-refractivity contribution in [1.82, 2.24) is 4.90 Å². The Balaban J connectivity index is 0. The smallest absolute Gasteiger partial charge is 0.0231 e. The first kappa shape index (κ1) is 30.7. The minimum atomic E-state index is -0.417. The third-order valence-corrected chi connectivity index (χ3v) is 4.32. The molecule has 5 nitrogen and oxygen atoms in total. The van der Waals surface area contributed by atoms with Gasteiger partial charge < -0.3 is 20.8 Å². The van der Waals surface area contributed by atoms with Crippen LogP contribution in [0.1, 0.15) is 60.6 Å². The van der Waals surface area contributed by atoms with E-state index < -0.39 is 6.10 Å². The molecule has 0 aliphatic heterocycles. The Morgan fingerprint density at radius 3 is 1.43 bits per heavy atom. The molecule has 1 radical (unpaired) electrons. The van der Waals surface area contributed by atoms with Crippen LogP contribution in [0.3, 0.4) is 0 Å². The summed E-state index contributed by atoms with van der Waals surface area (Å²) in [5.74, 6) is 0.231. The average Bonchev–Trinajstić information content (AvgIpc) is 2.56. The Kier molecular flexibility index (Phi) is 14.8. The topological polar surface area (TPSA) is 101 Å². The van der Waals surface area contributed by atoms with E-state index in [-0.39, 0.29) is 35.5 Å². The van der Waals surface area contributed by atoms with Gasteiger partial charge in [0.2, 0.25) is 0 Å². The van der Waals surface area contributed by atoms with Crippen LogP contribution in [0.5, 0.6) is 11.5 Å². The van der Waals surface area contributed by atoms with Crippen LogP contribution < -0.4 is 15.3 Å². The van der Waals surface area contributed by atoms with E-state index in [1.807, 2.05) is 52.0 Å². The Morgan fingerprint density at radius 2 is 1.13 bits per heavy atom. The van der Waals surface area contributed by atoms with Crippen molar-refractivity contribution in [3.05, 3.63) is 57.6 Å². The van der Waals surface area contributed by atoms with Crippen molar-refractivity contribution in [2.75, 3.05) is 6.54 Å². The molecule has 0 aromatic heterocycles. The molecule has 0 amide bonds. The molecular formula is C24H34NO4V-5. The Labute approximate surface area is 194 Å². The Bertz CT molecular complexity index is 716. The second-order valence-corrected chi connectivity index (χ2v) is 7.90. The van der Waals surface area contributed by atoms with Gasteiger partial charge in [-0.2, -0.15) is 0 Å². The monoisotopic (exact) mass is 451 g/mol. The quantitative estimate of drug-likeness (QED) is 0.673. The molecule has 0 saturated carbocycles. The van der Waals surface area contributed by atoms with Crippen molar-refractivity contribution in [2.24, 2.45) is 0 Å². The molecule has 0 aliphatic rings. The first-order valence-corrected chi connectivity index (χ1v) is 9.97. The van der Waals surface area contributed by atoms with Gasteiger partial charge >= 0.3 is 0 Å². The van der Waals surface area contributed by atoms with Gasteiger partial charge in [-0.25, -0.2) is 0 Å². The number of hydrogen-bond donors (Lipinski definition) is 0. The zero-order valence-electron chi connectivity index (χ0n) is 19.2. The Hall–Kier alpha value is -1.50. The van der Waals surface area contributed by atoms with Gasteiger partial charge in [0.1, 0.15) is 0 Å². The second-order valence-electron chi connectivity index (χ2n) is 7.90. The molecule has 6 heteroatoms. The number of aryl methyl sites for hydroxylation is 4. The average molecular weight is 451 g/mol. The van der Waals surface area contributed by atoms with Crippen LogP contribution in [0.4, 0.5) is 0 Å². The van der Waals surface area contributed by atoms with Crippen LogP contribution in [-0.4, -0.2) is 17.5 Å². The summed E-state index contributed by atoms with van der Waals surface area (Å²) in [5, 5.41) is 34.3. The van der Waals surface area contributed by atoms with Gasteiger partial charge in [0.05, 0.1) is 0 Å². The summed E-state index contributed by atoms with van der Waals surface area (Å²) in [6.07, 6.45) is 0.567. The van der Waals surface area contributed by atoms with E-state index in [2.05, 4.69) is 11.8 Å². The molecule has 169 valence electrons. The van der Waals surface area contributed by atoms with Crippen LogP contribution in [0.15, 0.2) is 24.3 Å². The first-order valence-electron chi connectivity index (χ1n) is 9.97. The van der Waals surface area contributed by atoms with Crippen LogP contribution in [0.2, 0.25) is 0 Å². The fourth-order valence-corrected chi connectivity index (χ4v) is 3.33. The molecule has 0 N–H and O–H groups in total. The van der Waals surface area contributed by atoms with Crippen LogP contribution in [0, 0.1) is 27.7 Å². The van der Waals surface area contributed by atoms with E-state index in [4.69, 9.17) is 0 Å². The molecule has 0 fully saturated rings. The molecule has 0 heterocycles. The molecule has 2 aromatic rings. The molecular weight excluding hydrogens is 417 g/mol. The number of benzene rings is 2. The van der Waals surface area contributed by atoms with Crippen molar-refractivity contribution in [3.63, 3.8) is 0 Å². The largest absolute Gasteiger partial charge is 2.00 e. The molecule has 0 spiro atoms. The van der Waals surface area contributed by atoms with Crippen LogP contribution in [0.25, 0.3) is 0 Å². The molecule has 2 aromatic carbocycles. The zero-order chi connectivity index (χ0) is 21.4. The van der Waals surface area contributed by atoms with Gasteiger partial charge in [-0.1, -0.05) is 67.3 Å². The molecule has 0 saturated heterocycles. The van der Waals surface area contributed by atoms with E-state index in [1.54, 1.807) is 13.8 Å². The van der Waals surface area contributed by atoms with E-state index >= 15 is 0 Å². The predicted molar refractivity (Wildman–Crippen MR) is 111 cm³/mol. The summed E-state index contributed by atoms with van der Waals surface area (Å²) in [6.45, 7) is 15.1. The minimum Gasteiger partial charge on any atom is -2.00 e. The van der Waals surface area contributed by atoms with E-state index in [1.165, 1.54) is 0 Å². The standard InChI is InChI=1S/C21H29NO2.C3H7O.O.V/c1-6-7-22(12-18-10-14(2)8-16(4)20(18)23)13-19-11-15(3)9-17(5)21(19)24;1-3(2)4;;/h8-11,23-24H,6-7,12-13H2,1-5H3;3H,1-2H3;;/q;-1;-2;/p-2. The van der Waals surface area contributed by atoms with Crippen molar-refractivity contribution in [2.45, 2.75) is 74.1 Å². The molecule has 0 atom stereocenters. The van der Waals surface area contributed by atoms with Gasteiger partial charge in [-0.3, -0.25) is 4.90 Å². The molecule has 0 bridgehead atoms. The summed E-state index contributed by atoms with van der Waals surface area (Å²) in [6, 6.07) is 7.79. The van der Waals surface area contributed by atoms with E-state index in [0.29, 0.717) is 13.1 Å². The number of nitrogens with zero attached hydrogens (tertiary/aromatic N) is 1. The molecule has 0 aliphatic carbocycles. The van der Waals surface area contributed by atoms with Gasteiger partial charge in [-0.15, -0.1) is 17.6 Å². The fourth-order valence-electron chi connectivity index (χ4n) is 3.33. The third-order valence-electron chi connectivity index (χ3n) is 4.32. The fraction of sp³-hybridized carbons (Fsp3) is 0.500. The maximum Gasteiger partial charge on any atom is 0.0231 e.